The summed E-state index contributed by atoms with van der Waals surface area (Å²) in [6, 6.07) is 15.0. The van der Waals surface area contributed by atoms with Gasteiger partial charge in [0.15, 0.2) is 0 Å². The van der Waals surface area contributed by atoms with Crippen molar-refractivity contribution in [3.05, 3.63) is 54.1 Å². The fourth-order valence-electron chi connectivity index (χ4n) is 1.57. The number of rotatable bonds is 2. The lowest BCUT2D eigenvalue weighted by molar-refractivity contribution is 1.23. The lowest BCUT2D eigenvalue weighted by Gasteiger charge is -1.98. The van der Waals surface area contributed by atoms with E-state index in [-0.39, 0.29) is 0 Å². The molecule has 0 nitrogen and oxygen atoms in total. The summed E-state index contributed by atoms with van der Waals surface area (Å²) in [5.41, 5.74) is 1.28. The Bertz CT molecular complexity index is 452. The molecule has 0 bridgehead atoms. The SMILES string of the molecule is CC/C=C\c1ccc2ccccc2c1. The number of hydrogen-bond acceptors (Lipinski definition) is 0. The molecule has 0 N–H and O–H groups in total. The van der Waals surface area contributed by atoms with E-state index in [4.69, 9.17) is 0 Å². The van der Waals surface area contributed by atoms with Crippen LogP contribution in [0.1, 0.15) is 18.9 Å². The van der Waals surface area contributed by atoms with Gasteiger partial charge in [-0.25, -0.2) is 0 Å². The number of benzene rings is 2. The third-order valence-corrected chi connectivity index (χ3v) is 2.32. The first-order valence-electron chi connectivity index (χ1n) is 5.05. The molecule has 0 saturated heterocycles. The van der Waals surface area contributed by atoms with Gasteiger partial charge in [-0.1, -0.05) is 55.5 Å². The molecule has 0 heterocycles. The fraction of sp³-hybridized carbons (Fsp3) is 0.143. The van der Waals surface area contributed by atoms with Crippen LogP contribution in [0.5, 0.6) is 0 Å². The third-order valence-electron chi connectivity index (χ3n) is 2.32. The van der Waals surface area contributed by atoms with Gasteiger partial charge in [-0.15, -0.1) is 0 Å². The first kappa shape index (κ1) is 9.01. The van der Waals surface area contributed by atoms with E-state index in [1.165, 1.54) is 16.3 Å². The van der Waals surface area contributed by atoms with Crippen LogP contribution in [0.2, 0.25) is 0 Å². The highest BCUT2D eigenvalue weighted by Gasteiger charge is 1.91. The molecule has 2 aromatic rings. The molecule has 14 heavy (non-hydrogen) atoms. The van der Waals surface area contributed by atoms with Gasteiger partial charge in [-0.2, -0.15) is 0 Å². The van der Waals surface area contributed by atoms with Crippen molar-refractivity contribution in [2.75, 3.05) is 0 Å². The molecule has 0 atom stereocenters. The second-order valence-electron chi connectivity index (χ2n) is 3.42. The predicted octanol–water partition coefficient (Wildman–Crippen LogP) is 4.26. The minimum absolute atomic E-state index is 1.09. The lowest BCUT2D eigenvalue weighted by Crippen LogP contribution is -1.74. The first-order chi connectivity index (χ1) is 6.90. The Balaban J connectivity index is 2.46. The second-order valence-corrected chi connectivity index (χ2v) is 3.42. The van der Waals surface area contributed by atoms with Crippen LogP contribution in [-0.2, 0) is 0 Å². The van der Waals surface area contributed by atoms with E-state index >= 15 is 0 Å². The molecule has 0 aromatic heterocycles. The maximum absolute atomic E-state index is 2.22. The van der Waals surface area contributed by atoms with E-state index in [1.54, 1.807) is 0 Å². The second kappa shape index (κ2) is 4.10. The summed E-state index contributed by atoms with van der Waals surface area (Å²) >= 11 is 0. The summed E-state index contributed by atoms with van der Waals surface area (Å²) in [6.07, 6.45) is 5.45. The highest BCUT2D eigenvalue weighted by molar-refractivity contribution is 5.84. The molecular formula is C14H14. The number of allylic oxidation sites excluding steroid dienone is 1. The van der Waals surface area contributed by atoms with Crippen molar-refractivity contribution in [3.8, 4) is 0 Å². The Labute approximate surface area is 84.9 Å². The lowest BCUT2D eigenvalue weighted by atomic mass is 10.1. The summed E-state index contributed by atoms with van der Waals surface area (Å²) < 4.78 is 0. The van der Waals surface area contributed by atoms with Crippen molar-refractivity contribution in [2.45, 2.75) is 13.3 Å². The van der Waals surface area contributed by atoms with E-state index in [2.05, 4.69) is 61.5 Å². The summed E-state index contributed by atoms with van der Waals surface area (Å²) in [6.45, 7) is 2.15. The zero-order valence-corrected chi connectivity index (χ0v) is 8.40. The average molecular weight is 182 g/mol. The molecule has 0 saturated carbocycles. The monoisotopic (exact) mass is 182 g/mol. The fourth-order valence-corrected chi connectivity index (χ4v) is 1.57. The van der Waals surface area contributed by atoms with Crippen molar-refractivity contribution in [2.24, 2.45) is 0 Å². The zero-order valence-electron chi connectivity index (χ0n) is 8.40. The Morgan fingerprint density at radius 2 is 1.79 bits per heavy atom. The van der Waals surface area contributed by atoms with E-state index in [0.29, 0.717) is 0 Å². The van der Waals surface area contributed by atoms with Gasteiger partial charge in [0.2, 0.25) is 0 Å². The van der Waals surface area contributed by atoms with Crippen LogP contribution in [0.15, 0.2) is 48.5 Å². The Morgan fingerprint density at radius 1 is 1.00 bits per heavy atom. The van der Waals surface area contributed by atoms with E-state index in [0.717, 1.165) is 6.42 Å². The third kappa shape index (κ3) is 1.85. The van der Waals surface area contributed by atoms with Gasteiger partial charge < -0.3 is 0 Å². The van der Waals surface area contributed by atoms with Crippen LogP contribution in [0, 0.1) is 0 Å². The minimum atomic E-state index is 1.09. The molecule has 0 amide bonds. The summed E-state index contributed by atoms with van der Waals surface area (Å²) in [7, 11) is 0. The summed E-state index contributed by atoms with van der Waals surface area (Å²) in [5.74, 6) is 0. The molecule has 70 valence electrons. The van der Waals surface area contributed by atoms with E-state index in [1.807, 2.05) is 0 Å². The van der Waals surface area contributed by atoms with Crippen LogP contribution in [0.3, 0.4) is 0 Å². The van der Waals surface area contributed by atoms with Crippen molar-refractivity contribution in [1.29, 1.82) is 0 Å². The molecule has 0 aliphatic carbocycles. The standard InChI is InChI=1S/C14H14/c1-2-3-6-12-9-10-13-7-4-5-8-14(13)11-12/h3-11H,2H2,1H3/b6-3-. The molecule has 0 radical (unpaired) electrons. The smallest absolute Gasteiger partial charge is 0.0178 e. The van der Waals surface area contributed by atoms with Crippen LogP contribution in [-0.4, -0.2) is 0 Å². The molecule has 0 unspecified atom stereocenters. The highest BCUT2D eigenvalue weighted by atomic mass is 14.0. The Morgan fingerprint density at radius 3 is 2.57 bits per heavy atom. The minimum Gasteiger partial charge on any atom is -0.0842 e. The van der Waals surface area contributed by atoms with Crippen molar-refractivity contribution < 1.29 is 0 Å². The average Bonchev–Trinajstić information content (AvgIpc) is 2.26. The van der Waals surface area contributed by atoms with Gasteiger partial charge in [0.25, 0.3) is 0 Å². The molecule has 0 heteroatoms. The maximum atomic E-state index is 2.22. The van der Waals surface area contributed by atoms with Gasteiger partial charge in [0.05, 0.1) is 0 Å². The molecule has 0 aliphatic heterocycles. The van der Waals surface area contributed by atoms with Crippen molar-refractivity contribution in [3.63, 3.8) is 0 Å². The predicted molar refractivity (Wildman–Crippen MR) is 63.3 cm³/mol. The van der Waals surface area contributed by atoms with Gasteiger partial charge >= 0.3 is 0 Å². The van der Waals surface area contributed by atoms with Crippen LogP contribution < -0.4 is 0 Å². The van der Waals surface area contributed by atoms with Crippen LogP contribution in [0.25, 0.3) is 16.8 Å². The van der Waals surface area contributed by atoms with Gasteiger partial charge in [-0.3, -0.25) is 0 Å². The molecular weight excluding hydrogens is 168 g/mol. The molecule has 0 aliphatic rings. The topological polar surface area (TPSA) is 0 Å². The summed E-state index contributed by atoms with van der Waals surface area (Å²) in [5, 5.41) is 2.62. The Hall–Kier alpha value is -1.56. The molecule has 0 fully saturated rings. The van der Waals surface area contributed by atoms with E-state index < -0.39 is 0 Å². The van der Waals surface area contributed by atoms with Crippen molar-refractivity contribution in [1.82, 2.24) is 0 Å². The van der Waals surface area contributed by atoms with E-state index in [9.17, 15) is 0 Å². The number of hydrogen-bond donors (Lipinski definition) is 0. The Kier molecular flexibility index (Phi) is 2.64. The van der Waals surface area contributed by atoms with Crippen LogP contribution in [0.4, 0.5) is 0 Å². The molecule has 0 spiro atoms. The van der Waals surface area contributed by atoms with Gasteiger partial charge in [0, 0.05) is 0 Å². The normalized spacial score (nSPS) is 11.2. The quantitative estimate of drug-likeness (QED) is 0.651. The van der Waals surface area contributed by atoms with Crippen molar-refractivity contribution >= 4 is 16.8 Å². The first-order valence-corrected chi connectivity index (χ1v) is 5.05. The maximum Gasteiger partial charge on any atom is -0.0178 e. The summed E-state index contributed by atoms with van der Waals surface area (Å²) in [4.78, 5) is 0. The van der Waals surface area contributed by atoms with Gasteiger partial charge in [0.1, 0.15) is 0 Å². The highest BCUT2D eigenvalue weighted by Crippen LogP contribution is 2.16. The molecule has 2 aromatic carbocycles. The van der Waals surface area contributed by atoms with Gasteiger partial charge in [-0.05, 0) is 28.8 Å². The van der Waals surface area contributed by atoms with Crippen LogP contribution >= 0.6 is 0 Å². The number of fused-ring (bicyclic) bond motifs is 1. The zero-order chi connectivity index (χ0) is 9.80. The largest absolute Gasteiger partial charge is 0.0842 e. The molecule has 2 rings (SSSR count).